The molecular formula is C14H26N4O. The first kappa shape index (κ1) is 15.8. The van der Waals surface area contributed by atoms with Crippen molar-refractivity contribution >= 4 is 5.95 Å². The van der Waals surface area contributed by atoms with Crippen molar-refractivity contribution in [3.05, 3.63) is 11.4 Å². The predicted octanol–water partition coefficient (Wildman–Crippen LogP) is 2.47. The number of aryl methyl sites for hydroxylation is 2. The van der Waals surface area contributed by atoms with E-state index in [0.717, 1.165) is 43.8 Å². The third-order valence-corrected chi connectivity index (χ3v) is 3.22. The van der Waals surface area contributed by atoms with Crippen LogP contribution in [0.1, 0.15) is 45.5 Å². The minimum absolute atomic E-state index is 0.148. The minimum atomic E-state index is 0.148. The van der Waals surface area contributed by atoms with Crippen LogP contribution in [0.25, 0.3) is 0 Å². The van der Waals surface area contributed by atoms with Crippen LogP contribution in [0, 0.1) is 5.41 Å². The van der Waals surface area contributed by atoms with Crippen LogP contribution in [-0.2, 0) is 17.6 Å². The van der Waals surface area contributed by atoms with E-state index in [0.29, 0.717) is 5.95 Å². The summed E-state index contributed by atoms with van der Waals surface area (Å²) in [6, 6.07) is 0. The van der Waals surface area contributed by atoms with Gasteiger partial charge in [-0.15, -0.1) is 5.10 Å². The van der Waals surface area contributed by atoms with E-state index in [1.54, 1.807) is 7.11 Å². The summed E-state index contributed by atoms with van der Waals surface area (Å²) >= 11 is 0. The largest absolute Gasteiger partial charge is 0.385 e. The maximum Gasteiger partial charge on any atom is 0.242 e. The molecule has 108 valence electrons. The average Bonchev–Trinajstić information content (AvgIpc) is 2.42. The van der Waals surface area contributed by atoms with E-state index in [1.807, 2.05) is 0 Å². The molecule has 0 atom stereocenters. The standard InChI is InChI=1S/C14H26N4O/c1-6-11-12(7-2)17-18-13(16-11)15-10-14(3,4)8-9-19-5/h6-10H2,1-5H3,(H,15,16,18). The Labute approximate surface area is 116 Å². The van der Waals surface area contributed by atoms with Crippen molar-refractivity contribution < 1.29 is 4.74 Å². The van der Waals surface area contributed by atoms with Crippen LogP contribution >= 0.6 is 0 Å². The third-order valence-electron chi connectivity index (χ3n) is 3.22. The van der Waals surface area contributed by atoms with Gasteiger partial charge in [-0.3, -0.25) is 0 Å². The van der Waals surface area contributed by atoms with Crippen LogP contribution < -0.4 is 5.32 Å². The molecule has 0 aliphatic carbocycles. The topological polar surface area (TPSA) is 59.9 Å². The Kier molecular flexibility index (Phi) is 6.15. The summed E-state index contributed by atoms with van der Waals surface area (Å²) in [6.45, 7) is 10.2. The van der Waals surface area contributed by atoms with Gasteiger partial charge in [0.15, 0.2) is 0 Å². The third kappa shape index (κ3) is 5.11. The summed E-state index contributed by atoms with van der Waals surface area (Å²) in [5.74, 6) is 0.625. The van der Waals surface area contributed by atoms with Crippen LogP contribution in [0.15, 0.2) is 0 Å². The zero-order valence-corrected chi connectivity index (χ0v) is 12.8. The number of aromatic nitrogens is 3. The van der Waals surface area contributed by atoms with Crippen LogP contribution in [0.2, 0.25) is 0 Å². The maximum absolute atomic E-state index is 5.13. The zero-order valence-electron chi connectivity index (χ0n) is 12.8. The Morgan fingerprint density at radius 3 is 2.37 bits per heavy atom. The van der Waals surface area contributed by atoms with E-state index < -0.39 is 0 Å². The number of hydrogen-bond acceptors (Lipinski definition) is 5. The van der Waals surface area contributed by atoms with Crippen molar-refractivity contribution in [1.29, 1.82) is 0 Å². The molecule has 0 saturated carbocycles. The van der Waals surface area contributed by atoms with E-state index in [-0.39, 0.29) is 5.41 Å². The fraction of sp³-hybridized carbons (Fsp3) is 0.786. The first-order valence-electron chi connectivity index (χ1n) is 6.97. The molecule has 0 unspecified atom stereocenters. The lowest BCUT2D eigenvalue weighted by atomic mass is 9.90. The lowest BCUT2D eigenvalue weighted by Gasteiger charge is -2.24. The van der Waals surface area contributed by atoms with E-state index in [9.17, 15) is 0 Å². The normalized spacial score (nSPS) is 11.6. The molecule has 19 heavy (non-hydrogen) atoms. The average molecular weight is 266 g/mol. The van der Waals surface area contributed by atoms with E-state index in [4.69, 9.17) is 4.74 Å². The molecule has 1 N–H and O–H groups in total. The van der Waals surface area contributed by atoms with Crippen LogP contribution in [0.5, 0.6) is 0 Å². The van der Waals surface area contributed by atoms with Gasteiger partial charge in [-0.25, -0.2) is 4.98 Å². The van der Waals surface area contributed by atoms with Crippen molar-refractivity contribution in [2.24, 2.45) is 5.41 Å². The van der Waals surface area contributed by atoms with E-state index in [2.05, 4.69) is 48.2 Å². The molecule has 1 aromatic heterocycles. The minimum Gasteiger partial charge on any atom is -0.385 e. The second-order valence-corrected chi connectivity index (χ2v) is 5.50. The second-order valence-electron chi connectivity index (χ2n) is 5.50. The highest BCUT2D eigenvalue weighted by Gasteiger charge is 2.18. The van der Waals surface area contributed by atoms with Crippen LogP contribution in [0.4, 0.5) is 5.95 Å². The first-order valence-corrected chi connectivity index (χ1v) is 6.97. The highest BCUT2D eigenvalue weighted by molar-refractivity contribution is 5.26. The van der Waals surface area contributed by atoms with Gasteiger partial charge < -0.3 is 10.1 Å². The summed E-state index contributed by atoms with van der Waals surface area (Å²) < 4.78 is 5.13. The molecule has 1 rings (SSSR count). The van der Waals surface area contributed by atoms with Gasteiger partial charge >= 0.3 is 0 Å². The molecule has 0 spiro atoms. The zero-order chi connectivity index (χ0) is 14.3. The maximum atomic E-state index is 5.13. The van der Waals surface area contributed by atoms with Crippen LogP contribution in [-0.4, -0.2) is 35.4 Å². The molecule has 0 radical (unpaired) electrons. The molecule has 0 aliphatic rings. The molecule has 5 heteroatoms. The quantitative estimate of drug-likeness (QED) is 0.783. The highest BCUT2D eigenvalue weighted by Crippen LogP contribution is 2.20. The summed E-state index contributed by atoms with van der Waals surface area (Å²) in [5, 5.41) is 11.6. The molecule has 0 fully saturated rings. The molecule has 0 saturated heterocycles. The van der Waals surface area contributed by atoms with E-state index in [1.165, 1.54) is 0 Å². The van der Waals surface area contributed by atoms with Gasteiger partial charge in [0.1, 0.15) is 0 Å². The second kappa shape index (κ2) is 7.38. The summed E-state index contributed by atoms with van der Waals surface area (Å²) in [4.78, 5) is 4.53. The van der Waals surface area contributed by atoms with Gasteiger partial charge in [-0.05, 0) is 24.7 Å². The van der Waals surface area contributed by atoms with Crippen LogP contribution in [0.3, 0.4) is 0 Å². The lowest BCUT2D eigenvalue weighted by molar-refractivity contribution is 0.157. The molecule has 0 bridgehead atoms. The molecule has 0 aromatic carbocycles. The SMILES string of the molecule is CCc1nnc(NCC(C)(C)CCOC)nc1CC. The molecule has 0 amide bonds. The van der Waals surface area contributed by atoms with Gasteiger partial charge in [0.05, 0.1) is 11.4 Å². The molecular weight excluding hydrogens is 240 g/mol. The molecule has 1 heterocycles. The van der Waals surface area contributed by atoms with Gasteiger partial charge in [-0.2, -0.15) is 5.10 Å². The van der Waals surface area contributed by atoms with Crippen molar-refractivity contribution in [2.75, 3.05) is 25.6 Å². The highest BCUT2D eigenvalue weighted by atomic mass is 16.5. The fourth-order valence-electron chi connectivity index (χ4n) is 1.80. The summed E-state index contributed by atoms with van der Waals surface area (Å²) in [6.07, 6.45) is 2.76. The molecule has 0 aliphatic heterocycles. The first-order chi connectivity index (χ1) is 9.02. The van der Waals surface area contributed by atoms with Crippen molar-refractivity contribution in [3.8, 4) is 0 Å². The van der Waals surface area contributed by atoms with Gasteiger partial charge in [0, 0.05) is 20.3 Å². The Hall–Kier alpha value is -1.23. The summed E-state index contributed by atoms with van der Waals surface area (Å²) in [7, 11) is 1.73. The number of methoxy groups -OCH3 is 1. The smallest absolute Gasteiger partial charge is 0.242 e. The van der Waals surface area contributed by atoms with Gasteiger partial charge in [-0.1, -0.05) is 27.7 Å². The number of nitrogens with one attached hydrogen (secondary N) is 1. The Morgan fingerprint density at radius 2 is 1.79 bits per heavy atom. The van der Waals surface area contributed by atoms with E-state index >= 15 is 0 Å². The summed E-state index contributed by atoms with van der Waals surface area (Å²) in [5.41, 5.74) is 2.18. The number of nitrogens with zero attached hydrogens (tertiary/aromatic N) is 3. The Morgan fingerprint density at radius 1 is 1.11 bits per heavy atom. The Bertz CT molecular complexity index is 393. The predicted molar refractivity (Wildman–Crippen MR) is 77.3 cm³/mol. The fourth-order valence-corrected chi connectivity index (χ4v) is 1.80. The molecule has 5 nitrogen and oxygen atoms in total. The lowest BCUT2D eigenvalue weighted by Crippen LogP contribution is -2.25. The number of ether oxygens (including phenoxy) is 1. The number of rotatable bonds is 8. The molecule has 1 aromatic rings. The van der Waals surface area contributed by atoms with Crippen molar-refractivity contribution in [2.45, 2.75) is 47.0 Å². The van der Waals surface area contributed by atoms with Gasteiger partial charge in [0.2, 0.25) is 5.95 Å². The number of anilines is 1. The monoisotopic (exact) mass is 266 g/mol. The van der Waals surface area contributed by atoms with Gasteiger partial charge in [0.25, 0.3) is 0 Å². The Balaban J connectivity index is 2.62. The van der Waals surface area contributed by atoms with Crippen molar-refractivity contribution in [1.82, 2.24) is 15.2 Å². The van der Waals surface area contributed by atoms with Crippen molar-refractivity contribution in [3.63, 3.8) is 0 Å². The number of hydrogen-bond donors (Lipinski definition) is 1.